The Labute approximate surface area is 251 Å². The van der Waals surface area contributed by atoms with Gasteiger partial charge in [-0.25, -0.2) is 0 Å². The van der Waals surface area contributed by atoms with Crippen molar-refractivity contribution in [1.29, 1.82) is 0 Å². The first-order valence-electron chi connectivity index (χ1n) is 13.7. The molecule has 5 rings (SSSR count). The fourth-order valence-electron chi connectivity index (χ4n) is 5.20. The van der Waals surface area contributed by atoms with Gasteiger partial charge in [-0.15, -0.1) is 0 Å². The highest BCUT2D eigenvalue weighted by atomic mass is 19.4. The van der Waals surface area contributed by atoms with Crippen LogP contribution in [0.3, 0.4) is 0 Å². The number of halogens is 3. The summed E-state index contributed by atoms with van der Waals surface area (Å²) >= 11 is 0. The van der Waals surface area contributed by atoms with Gasteiger partial charge in [0, 0.05) is 36.2 Å². The van der Waals surface area contributed by atoms with Crippen LogP contribution in [-0.2, 0) is 18.0 Å². The molecule has 1 aromatic heterocycles. The largest absolute Gasteiger partial charge is 0.416 e. The van der Waals surface area contributed by atoms with Gasteiger partial charge >= 0.3 is 6.18 Å². The van der Waals surface area contributed by atoms with E-state index >= 15 is 0 Å². The second-order valence-electron chi connectivity index (χ2n) is 10.3. The number of benzene rings is 4. The van der Waals surface area contributed by atoms with E-state index in [1.165, 1.54) is 19.2 Å². The number of hydrogen-bond donors (Lipinski definition) is 3. The van der Waals surface area contributed by atoms with Crippen LogP contribution in [0, 0.1) is 6.92 Å². The predicted molar refractivity (Wildman–Crippen MR) is 163 cm³/mol. The Balaban J connectivity index is 1.40. The highest BCUT2D eigenvalue weighted by molar-refractivity contribution is 6.10. The lowest BCUT2D eigenvalue weighted by Crippen LogP contribution is -2.39. The Bertz CT molecular complexity index is 1860. The SMILES string of the molecule is CNC(=O)C(NC(=O)c1cc2cc(NC(=O)c3cccc(C)c3-c3ccc(C(F)(F)F)cc3)ccc2n1C)c1ccccc1. The van der Waals surface area contributed by atoms with Crippen LogP contribution < -0.4 is 16.0 Å². The molecule has 0 fully saturated rings. The smallest absolute Gasteiger partial charge is 0.357 e. The minimum Gasteiger partial charge on any atom is -0.357 e. The van der Waals surface area contributed by atoms with Crippen molar-refractivity contribution < 1.29 is 27.6 Å². The molecule has 0 aliphatic rings. The molecule has 0 spiro atoms. The number of anilines is 1. The van der Waals surface area contributed by atoms with Gasteiger partial charge in [0.1, 0.15) is 11.7 Å². The van der Waals surface area contributed by atoms with Crippen molar-refractivity contribution in [3.05, 3.63) is 125 Å². The highest BCUT2D eigenvalue weighted by Gasteiger charge is 2.30. The molecule has 4 aromatic carbocycles. The summed E-state index contributed by atoms with van der Waals surface area (Å²) in [6.45, 7) is 1.79. The van der Waals surface area contributed by atoms with E-state index in [4.69, 9.17) is 0 Å². The van der Waals surface area contributed by atoms with E-state index in [-0.39, 0.29) is 5.91 Å². The first kappa shape index (κ1) is 30.1. The van der Waals surface area contributed by atoms with Gasteiger partial charge in [-0.3, -0.25) is 14.4 Å². The van der Waals surface area contributed by atoms with Gasteiger partial charge in [0.05, 0.1) is 5.56 Å². The van der Waals surface area contributed by atoms with Gasteiger partial charge in [-0.1, -0.05) is 54.6 Å². The zero-order chi connectivity index (χ0) is 31.6. The number of nitrogens with one attached hydrogen (secondary N) is 3. The summed E-state index contributed by atoms with van der Waals surface area (Å²) in [6, 6.07) is 24.7. The molecular weight excluding hydrogens is 569 g/mol. The molecule has 0 saturated heterocycles. The second-order valence-corrected chi connectivity index (χ2v) is 10.3. The van der Waals surface area contributed by atoms with Crippen molar-refractivity contribution >= 4 is 34.3 Å². The molecular formula is C34H29F3N4O3. The van der Waals surface area contributed by atoms with Crippen LogP contribution in [0.15, 0.2) is 97.1 Å². The second kappa shape index (κ2) is 12.1. The maximum Gasteiger partial charge on any atom is 0.416 e. The number of fused-ring (bicyclic) bond motifs is 1. The van der Waals surface area contributed by atoms with Crippen molar-refractivity contribution in [1.82, 2.24) is 15.2 Å². The lowest BCUT2D eigenvalue weighted by Gasteiger charge is -2.18. The molecule has 0 aliphatic carbocycles. The normalized spacial score (nSPS) is 12.0. The number of carbonyl (C=O) groups is 3. The molecule has 0 saturated carbocycles. The van der Waals surface area contributed by atoms with Gasteiger partial charge in [0.25, 0.3) is 11.8 Å². The monoisotopic (exact) mass is 598 g/mol. The van der Waals surface area contributed by atoms with Crippen molar-refractivity contribution in [2.24, 2.45) is 7.05 Å². The van der Waals surface area contributed by atoms with E-state index in [9.17, 15) is 27.6 Å². The van der Waals surface area contributed by atoms with Gasteiger partial charge < -0.3 is 20.5 Å². The van der Waals surface area contributed by atoms with Gasteiger partial charge in [0.2, 0.25) is 5.91 Å². The van der Waals surface area contributed by atoms with Crippen LogP contribution in [0.4, 0.5) is 18.9 Å². The molecule has 0 radical (unpaired) electrons. The summed E-state index contributed by atoms with van der Waals surface area (Å²) in [6.07, 6.45) is -4.46. The van der Waals surface area contributed by atoms with Crippen molar-refractivity contribution in [2.75, 3.05) is 12.4 Å². The lowest BCUT2D eigenvalue weighted by atomic mass is 9.94. The van der Waals surface area contributed by atoms with Crippen LogP contribution in [0.5, 0.6) is 0 Å². The number of hydrogen-bond acceptors (Lipinski definition) is 3. The van der Waals surface area contributed by atoms with Crippen LogP contribution in [0.1, 0.15) is 43.6 Å². The maximum absolute atomic E-state index is 13.5. The van der Waals surface area contributed by atoms with E-state index in [1.807, 2.05) is 6.07 Å². The number of nitrogens with zero attached hydrogens (tertiary/aromatic N) is 1. The number of amides is 3. The molecule has 3 N–H and O–H groups in total. The third kappa shape index (κ3) is 6.05. The summed E-state index contributed by atoms with van der Waals surface area (Å²) < 4.78 is 41.0. The Morgan fingerprint density at radius 2 is 1.52 bits per heavy atom. The van der Waals surface area contributed by atoms with E-state index in [1.54, 1.807) is 85.3 Å². The lowest BCUT2D eigenvalue weighted by molar-refractivity contribution is -0.137. The molecule has 1 atom stereocenters. The molecule has 1 unspecified atom stereocenters. The van der Waals surface area contributed by atoms with E-state index in [2.05, 4.69) is 16.0 Å². The molecule has 1 heterocycles. The summed E-state index contributed by atoms with van der Waals surface area (Å²) in [7, 11) is 3.23. The summed E-state index contributed by atoms with van der Waals surface area (Å²) in [5.74, 6) is -1.25. The minimum atomic E-state index is -4.46. The third-order valence-electron chi connectivity index (χ3n) is 7.47. The van der Waals surface area contributed by atoms with Gasteiger partial charge in [-0.05, 0) is 71.6 Å². The molecule has 0 aliphatic heterocycles. The summed E-state index contributed by atoms with van der Waals surface area (Å²) in [5, 5.41) is 8.94. The number of rotatable bonds is 7. The zero-order valence-electron chi connectivity index (χ0n) is 24.1. The fraction of sp³-hybridized carbons (Fsp3) is 0.147. The average molecular weight is 599 g/mol. The molecule has 3 amide bonds. The number of alkyl halides is 3. The number of carbonyl (C=O) groups excluding carboxylic acids is 3. The predicted octanol–water partition coefficient (Wildman–Crippen LogP) is 6.64. The number of aromatic nitrogens is 1. The standard InChI is InChI=1S/C34H29F3N4O3/c1-20-8-7-11-26(29(20)21-12-14-24(15-13-21)34(35,36)37)31(42)39-25-16-17-27-23(18-25)19-28(41(27)3)32(43)40-30(33(44)38-2)22-9-5-4-6-10-22/h4-19,30H,1-3H3,(H,38,44)(H,39,42)(H,40,43). The summed E-state index contributed by atoms with van der Waals surface area (Å²) in [5.41, 5.74) is 3.43. The van der Waals surface area contributed by atoms with Crippen molar-refractivity contribution in [3.8, 4) is 11.1 Å². The van der Waals surface area contributed by atoms with Gasteiger partial charge in [-0.2, -0.15) is 13.2 Å². The number of likely N-dealkylation sites (N-methyl/N-ethyl adjacent to an activating group) is 1. The quantitative estimate of drug-likeness (QED) is 0.196. The van der Waals surface area contributed by atoms with Crippen LogP contribution in [-0.4, -0.2) is 29.3 Å². The fourth-order valence-corrected chi connectivity index (χ4v) is 5.20. The first-order chi connectivity index (χ1) is 21.0. The molecule has 224 valence electrons. The van der Waals surface area contributed by atoms with Crippen molar-refractivity contribution in [3.63, 3.8) is 0 Å². The van der Waals surface area contributed by atoms with Crippen LogP contribution in [0.2, 0.25) is 0 Å². The van der Waals surface area contributed by atoms with Gasteiger partial charge in [0.15, 0.2) is 0 Å². The Morgan fingerprint density at radius 3 is 2.18 bits per heavy atom. The van der Waals surface area contributed by atoms with E-state index < -0.39 is 29.6 Å². The Morgan fingerprint density at radius 1 is 0.818 bits per heavy atom. The summed E-state index contributed by atoms with van der Waals surface area (Å²) in [4.78, 5) is 39.3. The molecule has 44 heavy (non-hydrogen) atoms. The zero-order valence-corrected chi connectivity index (χ0v) is 24.1. The maximum atomic E-state index is 13.5. The van der Waals surface area contributed by atoms with E-state index in [0.29, 0.717) is 39.0 Å². The first-order valence-corrected chi connectivity index (χ1v) is 13.7. The van der Waals surface area contributed by atoms with Crippen molar-refractivity contribution in [2.45, 2.75) is 19.1 Å². The van der Waals surface area contributed by atoms with Crippen LogP contribution in [0.25, 0.3) is 22.0 Å². The Hall–Kier alpha value is -5.38. The molecule has 10 heteroatoms. The topological polar surface area (TPSA) is 92.2 Å². The molecule has 0 bridgehead atoms. The highest BCUT2D eigenvalue weighted by Crippen LogP contribution is 2.33. The van der Waals surface area contributed by atoms with E-state index in [0.717, 1.165) is 23.2 Å². The average Bonchev–Trinajstić information content (AvgIpc) is 3.34. The minimum absolute atomic E-state index is 0.305. The number of aryl methyl sites for hydroxylation is 2. The third-order valence-corrected chi connectivity index (χ3v) is 7.47. The molecule has 5 aromatic rings. The Kier molecular flexibility index (Phi) is 8.26. The van der Waals surface area contributed by atoms with Crippen LogP contribution >= 0.6 is 0 Å². The molecule has 7 nitrogen and oxygen atoms in total.